The molecule has 1 fully saturated rings. The van der Waals surface area contributed by atoms with E-state index in [0.717, 1.165) is 24.1 Å². The molecular weight excluding hydrogens is 228 g/mol. The minimum absolute atomic E-state index is 0.140. The number of nitrogens with one attached hydrogen (secondary N) is 1. The maximum Gasteiger partial charge on any atom is 0.324 e. The molecule has 0 radical (unpaired) electrons. The van der Waals surface area contributed by atoms with Crippen molar-refractivity contribution in [2.24, 2.45) is 0 Å². The summed E-state index contributed by atoms with van der Waals surface area (Å²) in [5.41, 5.74) is 0. The molecular formula is C10H14N2O3S. The van der Waals surface area contributed by atoms with Crippen LogP contribution in [-0.2, 0) is 6.54 Å². The second-order valence-electron chi connectivity index (χ2n) is 3.98. The van der Waals surface area contributed by atoms with Crippen LogP contribution in [0.3, 0.4) is 0 Å². The zero-order chi connectivity index (χ0) is 11.5. The number of hydrogen-bond donors (Lipinski definition) is 2. The molecule has 0 aromatic carbocycles. The quantitative estimate of drug-likeness (QED) is 0.622. The normalized spacial score (nSPS) is 24.8. The highest BCUT2D eigenvalue weighted by Gasteiger charge is 2.24. The molecule has 0 bridgehead atoms. The Hall–Kier alpha value is -0.980. The van der Waals surface area contributed by atoms with Crippen molar-refractivity contribution in [1.82, 2.24) is 5.32 Å². The molecule has 0 spiro atoms. The SMILES string of the molecule is O=[N+]([O-])c1ccc(CNC2CCCC2O)s1. The van der Waals surface area contributed by atoms with Gasteiger partial charge in [0.2, 0.25) is 0 Å². The Morgan fingerprint density at radius 3 is 2.94 bits per heavy atom. The molecule has 88 valence electrons. The molecule has 16 heavy (non-hydrogen) atoms. The van der Waals surface area contributed by atoms with Crippen molar-refractivity contribution in [3.05, 3.63) is 27.1 Å². The van der Waals surface area contributed by atoms with E-state index in [1.807, 2.05) is 0 Å². The van der Waals surface area contributed by atoms with Gasteiger partial charge in [0.05, 0.1) is 11.0 Å². The van der Waals surface area contributed by atoms with Gasteiger partial charge in [-0.15, -0.1) is 0 Å². The van der Waals surface area contributed by atoms with Crippen LogP contribution in [-0.4, -0.2) is 22.2 Å². The summed E-state index contributed by atoms with van der Waals surface area (Å²) in [6, 6.07) is 3.42. The average Bonchev–Trinajstić information content (AvgIpc) is 2.83. The van der Waals surface area contributed by atoms with Crippen LogP contribution in [0.25, 0.3) is 0 Å². The first kappa shape index (κ1) is 11.5. The zero-order valence-corrected chi connectivity index (χ0v) is 9.57. The largest absolute Gasteiger partial charge is 0.392 e. The van der Waals surface area contributed by atoms with Crippen LogP contribution in [0.1, 0.15) is 24.1 Å². The molecule has 1 aromatic rings. The van der Waals surface area contributed by atoms with E-state index < -0.39 is 0 Å². The van der Waals surface area contributed by atoms with Gasteiger partial charge in [-0.2, -0.15) is 0 Å². The van der Waals surface area contributed by atoms with E-state index >= 15 is 0 Å². The van der Waals surface area contributed by atoms with Crippen LogP contribution in [0.5, 0.6) is 0 Å². The van der Waals surface area contributed by atoms with E-state index in [0.29, 0.717) is 6.54 Å². The van der Waals surface area contributed by atoms with Crippen LogP contribution in [0.15, 0.2) is 12.1 Å². The lowest BCUT2D eigenvalue weighted by Gasteiger charge is -2.15. The van der Waals surface area contributed by atoms with Gasteiger partial charge in [0.1, 0.15) is 0 Å². The Morgan fingerprint density at radius 2 is 2.38 bits per heavy atom. The molecule has 0 aliphatic heterocycles. The maximum absolute atomic E-state index is 10.5. The minimum atomic E-state index is -0.376. The predicted molar refractivity (Wildman–Crippen MR) is 61.5 cm³/mol. The highest BCUT2D eigenvalue weighted by Crippen LogP contribution is 2.25. The number of aliphatic hydroxyl groups excluding tert-OH is 1. The van der Waals surface area contributed by atoms with Crippen molar-refractivity contribution in [2.75, 3.05) is 0 Å². The Bertz CT molecular complexity index is 380. The van der Waals surface area contributed by atoms with Crippen LogP contribution < -0.4 is 5.32 Å². The standard InChI is InChI=1S/C10H14N2O3S/c13-9-3-1-2-8(9)11-6-7-4-5-10(16-7)12(14)15/h4-5,8-9,11,13H,1-3,6H2. The third kappa shape index (κ3) is 2.58. The monoisotopic (exact) mass is 242 g/mol. The summed E-state index contributed by atoms with van der Waals surface area (Å²) in [7, 11) is 0. The first-order chi connectivity index (χ1) is 7.66. The van der Waals surface area contributed by atoms with Gasteiger partial charge in [-0.1, -0.05) is 11.3 Å². The van der Waals surface area contributed by atoms with E-state index in [1.54, 1.807) is 6.07 Å². The minimum Gasteiger partial charge on any atom is -0.392 e. The highest BCUT2D eigenvalue weighted by molar-refractivity contribution is 7.15. The van der Waals surface area contributed by atoms with Crippen molar-refractivity contribution in [1.29, 1.82) is 0 Å². The van der Waals surface area contributed by atoms with Crippen molar-refractivity contribution in [3.63, 3.8) is 0 Å². The Balaban J connectivity index is 1.87. The smallest absolute Gasteiger partial charge is 0.324 e. The Morgan fingerprint density at radius 1 is 1.56 bits per heavy atom. The molecule has 0 amide bonds. The lowest BCUT2D eigenvalue weighted by molar-refractivity contribution is -0.380. The van der Waals surface area contributed by atoms with E-state index in [-0.39, 0.29) is 22.1 Å². The Labute approximate surface area is 97.3 Å². The molecule has 2 atom stereocenters. The fourth-order valence-electron chi connectivity index (χ4n) is 1.97. The van der Waals surface area contributed by atoms with E-state index in [1.165, 1.54) is 17.4 Å². The summed E-state index contributed by atoms with van der Waals surface area (Å²) in [6.07, 6.45) is 2.61. The molecule has 5 nitrogen and oxygen atoms in total. The van der Waals surface area contributed by atoms with Gasteiger partial charge in [0, 0.05) is 23.5 Å². The number of nitrogens with zero attached hydrogens (tertiary/aromatic N) is 1. The maximum atomic E-state index is 10.5. The molecule has 6 heteroatoms. The molecule has 2 N–H and O–H groups in total. The lowest BCUT2D eigenvalue weighted by Crippen LogP contribution is -2.34. The number of rotatable bonds is 4. The Kier molecular flexibility index (Phi) is 3.52. The third-order valence-corrected chi connectivity index (χ3v) is 3.88. The van der Waals surface area contributed by atoms with Crippen LogP contribution in [0.4, 0.5) is 5.00 Å². The first-order valence-corrected chi connectivity index (χ1v) is 6.13. The lowest BCUT2D eigenvalue weighted by atomic mass is 10.2. The molecule has 1 saturated carbocycles. The fraction of sp³-hybridized carbons (Fsp3) is 0.600. The summed E-state index contributed by atoms with van der Waals surface area (Å²) in [5, 5.41) is 23.5. The summed E-state index contributed by atoms with van der Waals surface area (Å²) >= 11 is 1.18. The van der Waals surface area contributed by atoms with Crippen molar-refractivity contribution >= 4 is 16.3 Å². The van der Waals surface area contributed by atoms with Crippen LogP contribution in [0.2, 0.25) is 0 Å². The van der Waals surface area contributed by atoms with E-state index in [2.05, 4.69) is 5.32 Å². The second-order valence-corrected chi connectivity index (χ2v) is 5.13. The van der Waals surface area contributed by atoms with Gasteiger partial charge >= 0.3 is 5.00 Å². The molecule has 1 aliphatic carbocycles. The summed E-state index contributed by atoms with van der Waals surface area (Å²) in [5.74, 6) is 0. The van der Waals surface area contributed by atoms with Gasteiger partial charge < -0.3 is 10.4 Å². The summed E-state index contributed by atoms with van der Waals surface area (Å²) < 4.78 is 0. The van der Waals surface area contributed by atoms with Gasteiger partial charge in [-0.05, 0) is 25.3 Å². The molecule has 2 rings (SSSR count). The van der Waals surface area contributed by atoms with Crippen molar-refractivity contribution < 1.29 is 10.0 Å². The fourth-order valence-corrected chi connectivity index (χ4v) is 2.74. The molecule has 0 saturated heterocycles. The average molecular weight is 242 g/mol. The number of aliphatic hydroxyl groups is 1. The number of nitro groups is 1. The van der Waals surface area contributed by atoms with Crippen molar-refractivity contribution in [3.8, 4) is 0 Å². The molecule has 1 aliphatic rings. The van der Waals surface area contributed by atoms with Gasteiger partial charge in [0.25, 0.3) is 0 Å². The summed E-state index contributed by atoms with van der Waals surface area (Å²) in [4.78, 5) is 11.0. The van der Waals surface area contributed by atoms with Crippen molar-refractivity contribution in [2.45, 2.75) is 38.0 Å². The first-order valence-electron chi connectivity index (χ1n) is 5.31. The van der Waals surface area contributed by atoms with Crippen LogP contribution in [0, 0.1) is 10.1 Å². The van der Waals surface area contributed by atoms with Gasteiger partial charge in [-0.25, -0.2) is 0 Å². The second kappa shape index (κ2) is 4.90. The molecule has 1 heterocycles. The van der Waals surface area contributed by atoms with Gasteiger partial charge in [-0.3, -0.25) is 10.1 Å². The van der Waals surface area contributed by atoms with Crippen LogP contribution >= 0.6 is 11.3 Å². The van der Waals surface area contributed by atoms with Gasteiger partial charge in [0.15, 0.2) is 0 Å². The summed E-state index contributed by atoms with van der Waals surface area (Å²) in [6.45, 7) is 0.597. The topological polar surface area (TPSA) is 75.4 Å². The molecule has 1 aromatic heterocycles. The van der Waals surface area contributed by atoms with E-state index in [4.69, 9.17) is 0 Å². The zero-order valence-electron chi connectivity index (χ0n) is 8.76. The number of thiophene rings is 1. The highest BCUT2D eigenvalue weighted by atomic mass is 32.1. The third-order valence-electron chi connectivity index (χ3n) is 2.85. The van der Waals surface area contributed by atoms with E-state index in [9.17, 15) is 15.2 Å². The molecule has 2 unspecified atom stereocenters. The number of hydrogen-bond acceptors (Lipinski definition) is 5. The predicted octanol–water partition coefficient (Wildman–Crippen LogP) is 1.66.